The Labute approximate surface area is 497 Å². The molecule has 8 rings (SSSR count). The van der Waals surface area contributed by atoms with Gasteiger partial charge in [-0.1, -0.05) is 12.1 Å². The number of hydrogen-bond donors (Lipinski definition) is 12. The quantitative estimate of drug-likeness (QED) is 0.0429. The number of carbonyl (C=O) groups is 5. The van der Waals surface area contributed by atoms with Crippen LogP contribution < -0.4 is 41.4 Å². The Kier molecular flexibility index (Phi) is 17.6. The van der Waals surface area contributed by atoms with Crippen molar-refractivity contribution >= 4 is 146 Å². The molecular formula is C51H40N6O25S6. The summed E-state index contributed by atoms with van der Waals surface area (Å²) >= 11 is 0. The first-order valence-corrected chi connectivity index (χ1v) is 32.5. The first kappa shape index (κ1) is 64.5. The molecule has 8 aromatic carbocycles. The van der Waals surface area contributed by atoms with Gasteiger partial charge in [0.2, 0.25) is 0 Å². The van der Waals surface area contributed by atoms with E-state index in [4.69, 9.17) is 9.47 Å². The molecule has 0 radical (unpaired) electrons. The third kappa shape index (κ3) is 14.3. The molecule has 0 atom stereocenters. The van der Waals surface area contributed by atoms with E-state index in [0.717, 1.165) is 24.3 Å². The van der Waals surface area contributed by atoms with Crippen molar-refractivity contribution in [2.24, 2.45) is 0 Å². The van der Waals surface area contributed by atoms with Crippen molar-refractivity contribution < 1.29 is 111 Å². The fourth-order valence-corrected chi connectivity index (χ4v) is 12.7. The molecule has 31 nitrogen and oxygen atoms in total. The maximum Gasteiger partial charge on any atom is 0.323 e. The number of hydrogen-bond acceptors (Lipinski definition) is 19. The highest BCUT2D eigenvalue weighted by Gasteiger charge is 2.30. The SMILES string of the molecule is COc1ccc(C(=O)Nc2ccc(S(=O)(=O)O)c3cc(S(=O)(=O)O)cc(S(=O)(=O)O)c23)cc1NC(=O)c1cccc(NC(=O)Nc2cccc(C(=O)Nc3cc(C(=O)Nc4ccc(S(=O)(=O)O)c5cc(S(=O)(=O)O)cc(S(=O)(=O)O)c45)ccc3OC)c2)c1. The molecule has 37 heteroatoms. The number of urea groups is 1. The Bertz CT molecular complexity index is 4750. The van der Waals surface area contributed by atoms with Gasteiger partial charge in [0, 0.05) is 55.2 Å². The number of amides is 6. The zero-order chi connectivity index (χ0) is 64.8. The van der Waals surface area contributed by atoms with Gasteiger partial charge in [-0.25, -0.2) is 4.79 Å². The van der Waals surface area contributed by atoms with Crippen molar-refractivity contribution in [2.75, 3.05) is 46.1 Å². The predicted octanol–water partition coefficient (Wildman–Crippen LogP) is 6.14. The Morgan fingerprint density at radius 1 is 0.330 bits per heavy atom. The summed E-state index contributed by atoms with van der Waals surface area (Å²) in [7, 11) is -29.6. The number of carbonyl (C=O) groups excluding carboxylic acids is 5. The summed E-state index contributed by atoms with van der Waals surface area (Å²) in [5, 5.41) is 11.4. The van der Waals surface area contributed by atoms with Crippen LogP contribution in [0.1, 0.15) is 41.4 Å². The lowest BCUT2D eigenvalue weighted by atomic mass is 10.1. The molecule has 0 heterocycles. The molecule has 0 spiro atoms. The van der Waals surface area contributed by atoms with E-state index in [9.17, 15) is 102 Å². The molecule has 0 saturated heterocycles. The molecule has 0 bridgehead atoms. The topological polar surface area (TPSA) is 502 Å². The van der Waals surface area contributed by atoms with Gasteiger partial charge in [0.25, 0.3) is 84.3 Å². The molecule has 0 aliphatic heterocycles. The summed E-state index contributed by atoms with van der Waals surface area (Å²) < 4.78 is 217. The minimum Gasteiger partial charge on any atom is -0.495 e. The highest BCUT2D eigenvalue weighted by atomic mass is 32.2. The maximum atomic E-state index is 13.7. The van der Waals surface area contributed by atoms with Crippen LogP contribution in [0.25, 0.3) is 21.5 Å². The van der Waals surface area contributed by atoms with Crippen LogP contribution in [0.2, 0.25) is 0 Å². The molecule has 0 aliphatic carbocycles. The van der Waals surface area contributed by atoms with Crippen LogP contribution in [0.3, 0.4) is 0 Å². The summed E-state index contributed by atoms with van der Waals surface area (Å²) in [6.07, 6.45) is 0. The average Bonchev–Trinajstić information content (AvgIpc) is 0.959. The number of methoxy groups -OCH3 is 2. The van der Waals surface area contributed by atoms with Gasteiger partial charge in [-0.15, -0.1) is 0 Å². The van der Waals surface area contributed by atoms with Crippen LogP contribution >= 0.6 is 0 Å². The van der Waals surface area contributed by atoms with Crippen LogP contribution in [0.15, 0.2) is 163 Å². The Morgan fingerprint density at radius 3 is 0.955 bits per heavy atom. The molecule has 12 N–H and O–H groups in total. The molecule has 8 aromatic rings. The Morgan fingerprint density at radius 2 is 0.648 bits per heavy atom. The summed E-state index contributed by atoms with van der Waals surface area (Å²) in [6.45, 7) is 0. The smallest absolute Gasteiger partial charge is 0.323 e. The van der Waals surface area contributed by atoms with Crippen molar-refractivity contribution in [3.8, 4) is 11.5 Å². The highest BCUT2D eigenvalue weighted by molar-refractivity contribution is 7.88. The van der Waals surface area contributed by atoms with Gasteiger partial charge in [-0.05, 0) is 121 Å². The average molecular weight is 1330 g/mol. The van der Waals surface area contributed by atoms with Crippen molar-refractivity contribution in [3.05, 3.63) is 156 Å². The molecule has 0 saturated carbocycles. The Hall–Kier alpha value is -9.51. The zero-order valence-corrected chi connectivity index (χ0v) is 49.0. The number of anilines is 6. The van der Waals surface area contributed by atoms with Crippen LogP contribution in [0.5, 0.6) is 11.5 Å². The van der Waals surface area contributed by atoms with E-state index >= 15 is 0 Å². The lowest BCUT2D eigenvalue weighted by Gasteiger charge is -2.16. The van der Waals surface area contributed by atoms with Gasteiger partial charge in [-0.2, -0.15) is 50.5 Å². The lowest BCUT2D eigenvalue weighted by Crippen LogP contribution is -2.21. The van der Waals surface area contributed by atoms with Crippen LogP contribution in [-0.2, 0) is 60.7 Å². The molecule has 0 fully saturated rings. The molecule has 88 heavy (non-hydrogen) atoms. The molecular weight excluding hydrogens is 1290 g/mol. The van der Waals surface area contributed by atoms with E-state index in [1.54, 1.807) is 0 Å². The van der Waals surface area contributed by atoms with E-state index in [-0.39, 0.29) is 68.6 Å². The monoisotopic (exact) mass is 1330 g/mol. The normalized spacial score (nSPS) is 12.2. The number of ether oxygens (including phenoxy) is 2. The molecule has 6 amide bonds. The van der Waals surface area contributed by atoms with Gasteiger partial charge in [-0.3, -0.25) is 46.5 Å². The second-order valence-corrected chi connectivity index (χ2v) is 26.6. The Balaban J connectivity index is 0.964. The summed E-state index contributed by atoms with van der Waals surface area (Å²) in [6, 6.07) is 21.4. The first-order chi connectivity index (χ1) is 40.8. The van der Waals surface area contributed by atoms with Crippen LogP contribution in [0.4, 0.5) is 38.9 Å². The van der Waals surface area contributed by atoms with Gasteiger partial charge in [0.1, 0.15) is 31.1 Å². The minimum atomic E-state index is -5.47. The standard InChI is InChI=1S/C51H40N6O25S6/c1-81-39-13-9-27(49(60)54-35-11-15-41(85(69,70)71)33-21-31(83(63,64)65)23-43(45(33)35)87(75,76)77)19-37(39)56-47(58)25-5-3-7-29(17-25)52-51(62)53-30-8-4-6-26(18-30)48(59)57-38-20-28(10-14-40(38)82-2)50(61)55-36-12-16-42(86(72,73)74)34-22-32(84(66,67)68)24-44(46(34)36)88(78,79)80/h3-24H,1-2H3,(H,54,60)(H,55,61)(H,56,58)(H,57,59)(H2,52,53,62)(H,63,64,65)(H,66,67,68)(H,69,70,71)(H,72,73,74)(H,75,76,77)(H,78,79,80). The van der Waals surface area contributed by atoms with Gasteiger partial charge >= 0.3 is 6.03 Å². The van der Waals surface area contributed by atoms with Gasteiger partial charge in [0.15, 0.2) is 0 Å². The zero-order valence-electron chi connectivity index (χ0n) is 44.1. The summed E-state index contributed by atoms with van der Waals surface area (Å²) in [5.41, 5.74) is -2.00. The number of rotatable bonds is 18. The lowest BCUT2D eigenvalue weighted by molar-refractivity contribution is 0.101. The molecule has 0 aliphatic rings. The van der Waals surface area contributed by atoms with Gasteiger partial charge < -0.3 is 41.4 Å². The fraction of sp³-hybridized carbons (Fsp3) is 0.0392. The number of benzene rings is 8. The van der Waals surface area contributed by atoms with E-state index in [1.165, 1.54) is 87.0 Å². The highest BCUT2D eigenvalue weighted by Crippen LogP contribution is 2.40. The van der Waals surface area contributed by atoms with Crippen molar-refractivity contribution in [3.63, 3.8) is 0 Å². The van der Waals surface area contributed by atoms with Crippen molar-refractivity contribution in [2.45, 2.75) is 29.4 Å². The summed E-state index contributed by atoms with van der Waals surface area (Å²) in [4.78, 5) is 61.0. The maximum absolute atomic E-state index is 13.7. The predicted molar refractivity (Wildman–Crippen MR) is 310 cm³/mol. The second-order valence-electron chi connectivity index (χ2n) is 18.1. The third-order valence-electron chi connectivity index (χ3n) is 12.4. The van der Waals surface area contributed by atoms with E-state index in [1.807, 2.05) is 0 Å². The first-order valence-electron chi connectivity index (χ1n) is 23.8. The second kappa shape index (κ2) is 24.0. The number of nitrogens with one attached hydrogen (secondary N) is 6. The van der Waals surface area contributed by atoms with E-state index in [0.29, 0.717) is 24.3 Å². The molecule has 0 aromatic heterocycles. The third-order valence-corrected chi connectivity index (χ3v) is 17.7. The van der Waals surface area contributed by atoms with E-state index in [2.05, 4.69) is 31.9 Å². The molecule has 460 valence electrons. The minimum absolute atomic E-state index is 0.00897. The van der Waals surface area contributed by atoms with Crippen LogP contribution in [0, 0.1) is 0 Å². The molecule has 0 unspecified atom stereocenters. The largest absolute Gasteiger partial charge is 0.495 e. The summed E-state index contributed by atoms with van der Waals surface area (Å²) in [5.74, 6) is -3.84. The van der Waals surface area contributed by atoms with Crippen LogP contribution in [-0.4, -0.2) is 122 Å². The van der Waals surface area contributed by atoms with Gasteiger partial charge in [0.05, 0.1) is 46.8 Å². The van der Waals surface area contributed by atoms with Crippen molar-refractivity contribution in [1.29, 1.82) is 0 Å². The van der Waals surface area contributed by atoms with E-state index < -0.39 is 153 Å². The number of fused-ring (bicyclic) bond motifs is 2. The van der Waals surface area contributed by atoms with Crippen molar-refractivity contribution in [1.82, 2.24) is 0 Å². The fourth-order valence-electron chi connectivity index (χ4n) is 8.59.